The van der Waals surface area contributed by atoms with Crippen molar-refractivity contribution >= 4 is 23.2 Å². The number of hydrogen-bond acceptors (Lipinski definition) is 4. The van der Waals surface area contributed by atoms with Crippen molar-refractivity contribution in [3.05, 3.63) is 47.2 Å². The fourth-order valence-electron chi connectivity index (χ4n) is 2.11. The Labute approximate surface area is 111 Å². The molecular formula is C13H13ClN4. The Hall–Kier alpha value is -1.65. The van der Waals surface area contributed by atoms with Crippen molar-refractivity contribution in [2.45, 2.75) is 6.54 Å². The first kappa shape index (κ1) is 11.4. The minimum absolute atomic E-state index is 0.556. The molecule has 0 bridgehead atoms. The summed E-state index contributed by atoms with van der Waals surface area (Å²) in [6.07, 6.45) is 3.26. The summed E-state index contributed by atoms with van der Waals surface area (Å²) < 4.78 is 0. The maximum Gasteiger partial charge on any atom is 0.229 e. The predicted octanol–water partition coefficient (Wildman–Crippen LogP) is 2.37. The molecule has 1 aliphatic rings. The van der Waals surface area contributed by atoms with Crippen molar-refractivity contribution in [1.82, 2.24) is 15.3 Å². The molecule has 0 amide bonds. The van der Waals surface area contributed by atoms with E-state index < -0.39 is 0 Å². The van der Waals surface area contributed by atoms with E-state index >= 15 is 0 Å². The van der Waals surface area contributed by atoms with Gasteiger partial charge in [0.2, 0.25) is 5.95 Å². The summed E-state index contributed by atoms with van der Waals surface area (Å²) in [5, 5.41) is 3.95. The highest BCUT2D eigenvalue weighted by atomic mass is 35.5. The molecule has 2 aromatic rings. The first-order valence-corrected chi connectivity index (χ1v) is 6.26. The number of nitrogens with zero attached hydrogens (tertiary/aromatic N) is 3. The van der Waals surface area contributed by atoms with Crippen molar-refractivity contribution < 1.29 is 0 Å². The lowest BCUT2D eigenvalue weighted by Crippen LogP contribution is -2.25. The van der Waals surface area contributed by atoms with Gasteiger partial charge in [-0.05, 0) is 11.6 Å². The van der Waals surface area contributed by atoms with Crippen LogP contribution in [0.25, 0.3) is 0 Å². The minimum atomic E-state index is 0.556. The number of anilines is 2. The zero-order valence-corrected chi connectivity index (χ0v) is 10.6. The van der Waals surface area contributed by atoms with Gasteiger partial charge in [-0.2, -0.15) is 0 Å². The number of rotatable bonds is 1. The van der Waals surface area contributed by atoms with Crippen LogP contribution in [-0.4, -0.2) is 23.1 Å². The molecule has 5 heteroatoms. The molecule has 92 valence electrons. The fraction of sp³-hybridized carbons (Fsp3) is 0.231. The zero-order chi connectivity index (χ0) is 12.4. The molecule has 0 saturated heterocycles. The van der Waals surface area contributed by atoms with Gasteiger partial charge in [0.05, 0.1) is 17.4 Å². The van der Waals surface area contributed by atoms with Crippen LogP contribution in [0.5, 0.6) is 0 Å². The normalized spacial score (nSPS) is 15.1. The highest BCUT2D eigenvalue weighted by molar-refractivity contribution is 6.30. The molecule has 0 radical (unpaired) electrons. The van der Waals surface area contributed by atoms with Crippen LogP contribution in [0.4, 0.5) is 11.6 Å². The lowest BCUT2D eigenvalue weighted by atomic mass is 10.1. The van der Waals surface area contributed by atoms with Crippen LogP contribution in [0.15, 0.2) is 36.7 Å². The Morgan fingerprint density at radius 1 is 1.17 bits per heavy atom. The minimum Gasteiger partial charge on any atom is -0.311 e. The van der Waals surface area contributed by atoms with Crippen molar-refractivity contribution in [3.63, 3.8) is 0 Å². The quantitative estimate of drug-likeness (QED) is 0.855. The molecule has 3 rings (SSSR count). The number of hydrogen-bond donors (Lipinski definition) is 1. The van der Waals surface area contributed by atoms with Crippen LogP contribution in [0.1, 0.15) is 5.56 Å². The molecule has 0 fully saturated rings. The number of halogens is 1. The Bertz CT molecular complexity index is 541. The van der Waals surface area contributed by atoms with Gasteiger partial charge in [0.15, 0.2) is 0 Å². The molecule has 1 aromatic carbocycles. The first-order chi connectivity index (χ1) is 8.84. The second-order valence-corrected chi connectivity index (χ2v) is 4.59. The molecule has 1 aromatic heterocycles. The first-order valence-electron chi connectivity index (χ1n) is 5.88. The molecule has 1 N–H and O–H groups in total. The number of benzene rings is 1. The molecule has 1 aliphatic heterocycles. The average molecular weight is 261 g/mol. The van der Waals surface area contributed by atoms with Gasteiger partial charge in [-0.25, -0.2) is 9.97 Å². The van der Waals surface area contributed by atoms with E-state index in [4.69, 9.17) is 11.6 Å². The van der Waals surface area contributed by atoms with E-state index in [2.05, 4.69) is 32.3 Å². The van der Waals surface area contributed by atoms with Crippen LogP contribution >= 0.6 is 11.6 Å². The standard InChI is InChI=1S/C13H13ClN4/c14-11-8-16-13(17-9-11)18-6-5-15-7-10-3-1-2-4-12(10)18/h1-4,8-9,15H,5-7H2. The molecule has 2 heterocycles. The maximum atomic E-state index is 5.83. The summed E-state index contributed by atoms with van der Waals surface area (Å²) >= 11 is 5.83. The van der Waals surface area contributed by atoms with Gasteiger partial charge in [0.1, 0.15) is 0 Å². The maximum absolute atomic E-state index is 5.83. The topological polar surface area (TPSA) is 41.1 Å². The number of fused-ring (bicyclic) bond motifs is 1. The Kier molecular flexibility index (Phi) is 3.13. The van der Waals surface area contributed by atoms with Crippen molar-refractivity contribution in [3.8, 4) is 0 Å². The molecule has 4 nitrogen and oxygen atoms in total. The molecule has 0 unspecified atom stereocenters. The van der Waals surface area contributed by atoms with Gasteiger partial charge in [-0.15, -0.1) is 0 Å². The van der Waals surface area contributed by atoms with Crippen LogP contribution in [-0.2, 0) is 6.54 Å². The smallest absolute Gasteiger partial charge is 0.229 e. The van der Waals surface area contributed by atoms with Gasteiger partial charge in [-0.1, -0.05) is 29.8 Å². The van der Waals surface area contributed by atoms with E-state index in [0.717, 1.165) is 25.3 Å². The monoisotopic (exact) mass is 260 g/mol. The summed E-state index contributed by atoms with van der Waals surface area (Å²) in [4.78, 5) is 10.7. The van der Waals surface area contributed by atoms with Gasteiger partial charge in [0.25, 0.3) is 0 Å². The van der Waals surface area contributed by atoms with Crippen molar-refractivity contribution in [2.24, 2.45) is 0 Å². The molecule has 18 heavy (non-hydrogen) atoms. The fourth-order valence-corrected chi connectivity index (χ4v) is 2.21. The van der Waals surface area contributed by atoms with Crippen molar-refractivity contribution in [1.29, 1.82) is 0 Å². The van der Waals surface area contributed by atoms with Crippen molar-refractivity contribution in [2.75, 3.05) is 18.0 Å². The molecule has 0 atom stereocenters. The molecule has 0 saturated carbocycles. The Balaban J connectivity index is 2.03. The van der Waals surface area contributed by atoms with Crippen LogP contribution in [0.2, 0.25) is 5.02 Å². The third-order valence-corrected chi connectivity index (χ3v) is 3.15. The predicted molar refractivity (Wildman–Crippen MR) is 72.2 cm³/mol. The highest BCUT2D eigenvalue weighted by Crippen LogP contribution is 2.27. The summed E-state index contributed by atoms with van der Waals surface area (Å²) in [6.45, 7) is 2.62. The second-order valence-electron chi connectivity index (χ2n) is 4.16. The Morgan fingerprint density at radius 3 is 2.78 bits per heavy atom. The SMILES string of the molecule is Clc1cnc(N2CCNCc3ccccc32)nc1. The molecular weight excluding hydrogens is 248 g/mol. The van der Waals surface area contributed by atoms with Gasteiger partial charge in [0, 0.05) is 25.3 Å². The number of nitrogens with one attached hydrogen (secondary N) is 1. The largest absolute Gasteiger partial charge is 0.311 e. The summed E-state index contributed by atoms with van der Waals surface area (Å²) in [6, 6.07) is 8.30. The summed E-state index contributed by atoms with van der Waals surface area (Å²) in [5.41, 5.74) is 2.42. The molecule has 0 aliphatic carbocycles. The van der Waals surface area contributed by atoms with Crippen LogP contribution in [0.3, 0.4) is 0 Å². The second kappa shape index (κ2) is 4.92. The van der Waals surface area contributed by atoms with Crippen LogP contribution < -0.4 is 10.2 Å². The third kappa shape index (κ3) is 2.17. The van der Waals surface area contributed by atoms with Crippen LogP contribution in [0, 0.1) is 0 Å². The zero-order valence-electron chi connectivity index (χ0n) is 9.81. The van der Waals surface area contributed by atoms with Gasteiger partial charge >= 0.3 is 0 Å². The number of aromatic nitrogens is 2. The number of para-hydroxylation sites is 1. The van der Waals surface area contributed by atoms with E-state index in [0.29, 0.717) is 11.0 Å². The Morgan fingerprint density at radius 2 is 1.94 bits per heavy atom. The van der Waals surface area contributed by atoms with E-state index in [9.17, 15) is 0 Å². The van der Waals surface area contributed by atoms with Gasteiger partial charge in [-0.3, -0.25) is 0 Å². The van der Waals surface area contributed by atoms with E-state index in [1.807, 2.05) is 12.1 Å². The van der Waals surface area contributed by atoms with E-state index in [1.165, 1.54) is 5.56 Å². The van der Waals surface area contributed by atoms with E-state index in [-0.39, 0.29) is 0 Å². The lowest BCUT2D eigenvalue weighted by molar-refractivity contribution is 0.709. The third-order valence-electron chi connectivity index (χ3n) is 2.96. The summed E-state index contributed by atoms with van der Waals surface area (Å²) in [5.74, 6) is 0.690. The highest BCUT2D eigenvalue weighted by Gasteiger charge is 2.17. The summed E-state index contributed by atoms with van der Waals surface area (Å²) in [7, 11) is 0. The lowest BCUT2D eigenvalue weighted by Gasteiger charge is -2.22. The average Bonchev–Trinajstić information content (AvgIpc) is 2.62. The molecule has 0 spiro atoms. The van der Waals surface area contributed by atoms with E-state index in [1.54, 1.807) is 12.4 Å². The van der Waals surface area contributed by atoms with Gasteiger partial charge < -0.3 is 10.2 Å².